The SMILES string of the molecule is Cc1cccc(C)c1NC(=O)CN(C)C(C)C(C)(C)C. The standard InChI is InChI=1S/C17H28N2O/c1-12-9-8-10-13(2)16(12)18-15(20)11-19(7)14(3)17(4,5)6/h8-10,14H,11H2,1-7H3,(H,18,20). The maximum atomic E-state index is 12.2. The second-order valence-corrected chi connectivity index (χ2v) is 6.77. The van der Waals surface area contributed by atoms with Crippen molar-refractivity contribution in [2.24, 2.45) is 5.41 Å². The minimum Gasteiger partial charge on any atom is -0.324 e. The summed E-state index contributed by atoms with van der Waals surface area (Å²) in [7, 11) is 2.00. The molecular formula is C17H28N2O. The largest absolute Gasteiger partial charge is 0.324 e. The summed E-state index contributed by atoms with van der Waals surface area (Å²) in [6.07, 6.45) is 0. The maximum absolute atomic E-state index is 12.2. The Labute approximate surface area is 123 Å². The third-order valence-corrected chi connectivity index (χ3v) is 4.05. The van der Waals surface area contributed by atoms with Crippen molar-refractivity contribution in [3.63, 3.8) is 0 Å². The molecule has 1 atom stereocenters. The Hall–Kier alpha value is -1.35. The molecule has 1 aromatic rings. The number of para-hydroxylation sites is 1. The predicted molar refractivity (Wildman–Crippen MR) is 86.1 cm³/mol. The molecule has 0 saturated heterocycles. The van der Waals surface area contributed by atoms with Crippen LogP contribution in [0, 0.1) is 19.3 Å². The van der Waals surface area contributed by atoms with E-state index in [2.05, 4.69) is 37.9 Å². The number of likely N-dealkylation sites (N-methyl/N-ethyl adjacent to an activating group) is 1. The van der Waals surface area contributed by atoms with Crippen LogP contribution in [0.3, 0.4) is 0 Å². The van der Waals surface area contributed by atoms with Crippen molar-refractivity contribution in [1.29, 1.82) is 0 Å². The van der Waals surface area contributed by atoms with E-state index in [-0.39, 0.29) is 11.3 Å². The second-order valence-electron chi connectivity index (χ2n) is 6.77. The molecule has 1 amide bonds. The van der Waals surface area contributed by atoms with Gasteiger partial charge in [-0.1, -0.05) is 39.0 Å². The summed E-state index contributed by atoms with van der Waals surface area (Å²) in [6.45, 7) is 13.2. The van der Waals surface area contributed by atoms with Crippen molar-refractivity contribution >= 4 is 11.6 Å². The van der Waals surface area contributed by atoms with Gasteiger partial charge in [-0.25, -0.2) is 0 Å². The number of hydrogen-bond donors (Lipinski definition) is 1. The molecule has 3 heteroatoms. The first kappa shape index (κ1) is 16.7. The van der Waals surface area contributed by atoms with E-state index in [9.17, 15) is 4.79 Å². The Morgan fingerprint density at radius 2 is 1.75 bits per heavy atom. The summed E-state index contributed by atoms with van der Waals surface area (Å²) >= 11 is 0. The van der Waals surface area contributed by atoms with E-state index in [1.807, 2.05) is 39.1 Å². The van der Waals surface area contributed by atoms with E-state index in [1.54, 1.807) is 0 Å². The molecule has 0 aliphatic heterocycles. The van der Waals surface area contributed by atoms with Gasteiger partial charge >= 0.3 is 0 Å². The van der Waals surface area contributed by atoms with Crippen LogP contribution in [0.1, 0.15) is 38.8 Å². The van der Waals surface area contributed by atoms with Crippen molar-refractivity contribution in [2.75, 3.05) is 18.9 Å². The van der Waals surface area contributed by atoms with Gasteiger partial charge in [0.1, 0.15) is 0 Å². The number of rotatable bonds is 4. The van der Waals surface area contributed by atoms with Gasteiger partial charge in [0.2, 0.25) is 5.91 Å². The van der Waals surface area contributed by atoms with Crippen LogP contribution >= 0.6 is 0 Å². The van der Waals surface area contributed by atoms with Crippen LogP contribution in [0.25, 0.3) is 0 Å². The van der Waals surface area contributed by atoms with Gasteiger partial charge < -0.3 is 5.32 Å². The summed E-state index contributed by atoms with van der Waals surface area (Å²) in [5, 5.41) is 3.04. The second kappa shape index (κ2) is 6.40. The van der Waals surface area contributed by atoms with E-state index >= 15 is 0 Å². The smallest absolute Gasteiger partial charge is 0.238 e. The molecule has 3 nitrogen and oxygen atoms in total. The zero-order valence-electron chi connectivity index (χ0n) is 13.9. The number of carbonyl (C=O) groups excluding carboxylic acids is 1. The third kappa shape index (κ3) is 4.34. The highest BCUT2D eigenvalue weighted by molar-refractivity contribution is 5.93. The minimum absolute atomic E-state index is 0.0426. The lowest BCUT2D eigenvalue weighted by atomic mass is 9.87. The number of nitrogens with one attached hydrogen (secondary N) is 1. The number of carbonyl (C=O) groups is 1. The lowest BCUT2D eigenvalue weighted by Gasteiger charge is -2.35. The number of nitrogens with zero attached hydrogens (tertiary/aromatic N) is 1. The third-order valence-electron chi connectivity index (χ3n) is 4.05. The zero-order valence-corrected chi connectivity index (χ0v) is 13.9. The first-order chi connectivity index (χ1) is 9.12. The molecule has 1 N–H and O–H groups in total. The number of benzene rings is 1. The zero-order chi connectivity index (χ0) is 15.5. The van der Waals surface area contributed by atoms with Gasteiger partial charge in [-0.2, -0.15) is 0 Å². The van der Waals surface area contributed by atoms with Crippen LogP contribution < -0.4 is 5.32 Å². The molecule has 0 aromatic heterocycles. The van der Waals surface area contributed by atoms with Gasteiger partial charge in [0, 0.05) is 11.7 Å². The molecule has 0 heterocycles. The van der Waals surface area contributed by atoms with Crippen molar-refractivity contribution in [3.05, 3.63) is 29.3 Å². The topological polar surface area (TPSA) is 32.3 Å². The Balaban J connectivity index is 2.69. The lowest BCUT2D eigenvalue weighted by Crippen LogP contribution is -2.43. The molecule has 112 valence electrons. The predicted octanol–water partition coefficient (Wildman–Crippen LogP) is 3.61. The van der Waals surface area contributed by atoms with Crippen LogP contribution in [0.2, 0.25) is 0 Å². The molecule has 0 saturated carbocycles. The summed E-state index contributed by atoms with van der Waals surface area (Å²) in [4.78, 5) is 14.3. The van der Waals surface area contributed by atoms with Crippen molar-refractivity contribution < 1.29 is 4.79 Å². The fourth-order valence-corrected chi connectivity index (χ4v) is 2.22. The monoisotopic (exact) mass is 276 g/mol. The van der Waals surface area contributed by atoms with Gasteiger partial charge in [-0.05, 0) is 44.4 Å². The average Bonchev–Trinajstić information content (AvgIpc) is 2.31. The molecule has 0 aliphatic rings. The fourth-order valence-electron chi connectivity index (χ4n) is 2.22. The lowest BCUT2D eigenvalue weighted by molar-refractivity contribution is -0.117. The van der Waals surface area contributed by atoms with E-state index in [0.29, 0.717) is 12.6 Å². The summed E-state index contributed by atoms with van der Waals surface area (Å²) < 4.78 is 0. The van der Waals surface area contributed by atoms with Crippen LogP contribution in [0.15, 0.2) is 18.2 Å². The molecule has 1 unspecified atom stereocenters. The Morgan fingerprint density at radius 1 is 1.25 bits per heavy atom. The number of amides is 1. The first-order valence-corrected chi connectivity index (χ1v) is 7.19. The van der Waals surface area contributed by atoms with Crippen LogP contribution in [0.4, 0.5) is 5.69 Å². The summed E-state index contributed by atoms with van der Waals surface area (Å²) in [6, 6.07) is 6.38. The highest BCUT2D eigenvalue weighted by Crippen LogP contribution is 2.23. The van der Waals surface area contributed by atoms with Crippen LogP contribution in [0.5, 0.6) is 0 Å². The van der Waals surface area contributed by atoms with Crippen LogP contribution in [-0.4, -0.2) is 30.4 Å². The molecule has 0 spiro atoms. The molecule has 0 bridgehead atoms. The number of anilines is 1. The molecule has 0 aliphatic carbocycles. The maximum Gasteiger partial charge on any atom is 0.238 e. The fraction of sp³-hybridized carbons (Fsp3) is 0.588. The van der Waals surface area contributed by atoms with Gasteiger partial charge in [0.15, 0.2) is 0 Å². The molecule has 20 heavy (non-hydrogen) atoms. The highest BCUT2D eigenvalue weighted by Gasteiger charge is 2.25. The van der Waals surface area contributed by atoms with E-state index in [1.165, 1.54) is 0 Å². The highest BCUT2D eigenvalue weighted by atomic mass is 16.2. The molecule has 1 aromatic carbocycles. The quantitative estimate of drug-likeness (QED) is 0.911. The average molecular weight is 276 g/mol. The molecule has 0 radical (unpaired) electrons. The van der Waals surface area contributed by atoms with Crippen molar-refractivity contribution in [2.45, 2.75) is 47.6 Å². The molecular weight excluding hydrogens is 248 g/mol. The van der Waals surface area contributed by atoms with Crippen molar-refractivity contribution in [1.82, 2.24) is 4.90 Å². The Kier molecular flexibility index (Phi) is 5.35. The Bertz CT molecular complexity index is 454. The molecule has 0 fully saturated rings. The van der Waals surface area contributed by atoms with Gasteiger partial charge in [-0.3, -0.25) is 9.69 Å². The molecule has 1 rings (SSSR count). The summed E-state index contributed by atoms with van der Waals surface area (Å²) in [5.41, 5.74) is 3.30. The van der Waals surface area contributed by atoms with Gasteiger partial charge in [-0.15, -0.1) is 0 Å². The first-order valence-electron chi connectivity index (χ1n) is 7.19. The van der Waals surface area contributed by atoms with Gasteiger partial charge in [0.25, 0.3) is 0 Å². The van der Waals surface area contributed by atoms with E-state index in [0.717, 1.165) is 16.8 Å². The van der Waals surface area contributed by atoms with E-state index in [4.69, 9.17) is 0 Å². The van der Waals surface area contributed by atoms with Crippen molar-refractivity contribution in [3.8, 4) is 0 Å². The minimum atomic E-state index is 0.0426. The van der Waals surface area contributed by atoms with Crippen LogP contribution in [-0.2, 0) is 4.79 Å². The number of hydrogen-bond acceptors (Lipinski definition) is 2. The number of aryl methyl sites for hydroxylation is 2. The Morgan fingerprint density at radius 3 is 2.20 bits per heavy atom. The van der Waals surface area contributed by atoms with Gasteiger partial charge in [0.05, 0.1) is 6.54 Å². The summed E-state index contributed by atoms with van der Waals surface area (Å²) in [5.74, 6) is 0.0426. The normalized spacial score (nSPS) is 13.4. The van der Waals surface area contributed by atoms with E-state index < -0.39 is 0 Å².